The standard InChI is InChI=1S/C25H34N2O4/c1-18(2)21-10-8-20(9-11-21)16-27(14-6-13-26(4)5)24(28)17-31-23-15-19(3)7-12-22(23)25(29)30/h7-12,15,18H,6,13-14,16-17H2,1-5H3,(H,29,30). The summed E-state index contributed by atoms with van der Waals surface area (Å²) in [7, 11) is 4.01. The fourth-order valence-corrected chi connectivity index (χ4v) is 3.25. The number of amides is 1. The Morgan fingerprint density at radius 2 is 1.71 bits per heavy atom. The summed E-state index contributed by atoms with van der Waals surface area (Å²) in [5, 5.41) is 9.38. The molecule has 0 unspecified atom stereocenters. The predicted molar refractivity (Wildman–Crippen MR) is 123 cm³/mol. The van der Waals surface area contributed by atoms with E-state index in [4.69, 9.17) is 4.74 Å². The fraction of sp³-hybridized carbons (Fsp3) is 0.440. The van der Waals surface area contributed by atoms with Crippen LogP contribution in [0.1, 0.15) is 53.2 Å². The van der Waals surface area contributed by atoms with Crippen LogP contribution in [0.2, 0.25) is 0 Å². The lowest BCUT2D eigenvalue weighted by Crippen LogP contribution is -2.36. The number of carbonyl (C=O) groups is 2. The molecule has 2 aromatic carbocycles. The van der Waals surface area contributed by atoms with Crippen LogP contribution in [-0.2, 0) is 11.3 Å². The SMILES string of the molecule is Cc1ccc(C(=O)O)c(OCC(=O)N(CCCN(C)C)Cc2ccc(C(C)C)cc2)c1. The molecule has 1 N–H and O–H groups in total. The van der Waals surface area contributed by atoms with Gasteiger partial charge in [0, 0.05) is 13.1 Å². The maximum absolute atomic E-state index is 13.0. The van der Waals surface area contributed by atoms with Crippen LogP contribution in [0.15, 0.2) is 42.5 Å². The number of aryl methyl sites for hydroxylation is 1. The molecule has 0 aliphatic heterocycles. The van der Waals surface area contributed by atoms with Crippen molar-refractivity contribution in [1.82, 2.24) is 9.80 Å². The summed E-state index contributed by atoms with van der Waals surface area (Å²) >= 11 is 0. The van der Waals surface area contributed by atoms with Gasteiger partial charge < -0.3 is 19.6 Å². The monoisotopic (exact) mass is 426 g/mol. The molecule has 2 aromatic rings. The highest BCUT2D eigenvalue weighted by molar-refractivity contribution is 5.91. The van der Waals surface area contributed by atoms with Gasteiger partial charge in [-0.25, -0.2) is 4.79 Å². The molecule has 6 nitrogen and oxygen atoms in total. The largest absolute Gasteiger partial charge is 0.483 e. The van der Waals surface area contributed by atoms with Crippen LogP contribution in [0.3, 0.4) is 0 Å². The zero-order valence-corrected chi connectivity index (χ0v) is 19.2. The lowest BCUT2D eigenvalue weighted by atomic mass is 10.0. The average Bonchev–Trinajstić information content (AvgIpc) is 2.71. The van der Waals surface area contributed by atoms with Crippen molar-refractivity contribution in [3.05, 3.63) is 64.7 Å². The molecule has 0 radical (unpaired) electrons. The van der Waals surface area contributed by atoms with Gasteiger partial charge in [0.1, 0.15) is 11.3 Å². The third-order valence-electron chi connectivity index (χ3n) is 5.12. The molecule has 0 bridgehead atoms. The normalized spacial score (nSPS) is 11.1. The first kappa shape index (κ1) is 24.4. The van der Waals surface area contributed by atoms with E-state index in [2.05, 4.69) is 43.0 Å². The van der Waals surface area contributed by atoms with Gasteiger partial charge in [-0.2, -0.15) is 0 Å². The molecule has 31 heavy (non-hydrogen) atoms. The Kier molecular flexibility index (Phi) is 9.06. The van der Waals surface area contributed by atoms with Gasteiger partial charge >= 0.3 is 5.97 Å². The summed E-state index contributed by atoms with van der Waals surface area (Å²) in [5.41, 5.74) is 3.25. The topological polar surface area (TPSA) is 70.1 Å². The molecule has 0 saturated carbocycles. The number of benzene rings is 2. The molecule has 0 aromatic heterocycles. The lowest BCUT2D eigenvalue weighted by Gasteiger charge is -2.24. The van der Waals surface area contributed by atoms with Gasteiger partial charge in [-0.15, -0.1) is 0 Å². The maximum Gasteiger partial charge on any atom is 0.339 e. The Balaban J connectivity index is 2.10. The van der Waals surface area contributed by atoms with Crippen LogP contribution in [0, 0.1) is 6.92 Å². The number of carbonyl (C=O) groups excluding carboxylic acids is 1. The van der Waals surface area contributed by atoms with E-state index in [0.29, 0.717) is 19.0 Å². The van der Waals surface area contributed by atoms with Crippen LogP contribution in [0.25, 0.3) is 0 Å². The Bertz CT molecular complexity index is 876. The molecule has 2 rings (SSSR count). The Morgan fingerprint density at radius 1 is 1.03 bits per heavy atom. The minimum Gasteiger partial charge on any atom is -0.483 e. The van der Waals surface area contributed by atoms with E-state index < -0.39 is 5.97 Å². The van der Waals surface area contributed by atoms with Crippen molar-refractivity contribution in [2.24, 2.45) is 0 Å². The van der Waals surface area contributed by atoms with Crippen LogP contribution < -0.4 is 4.74 Å². The molecule has 0 fully saturated rings. The zero-order chi connectivity index (χ0) is 23.0. The van der Waals surface area contributed by atoms with Crippen molar-refractivity contribution in [1.29, 1.82) is 0 Å². The first-order valence-corrected chi connectivity index (χ1v) is 10.7. The van der Waals surface area contributed by atoms with Crippen molar-refractivity contribution in [2.45, 2.75) is 39.7 Å². The minimum atomic E-state index is -1.07. The zero-order valence-electron chi connectivity index (χ0n) is 19.2. The quantitative estimate of drug-likeness (QED) is 0.584. The van der Waals surface area contributed by atoms with E-state index >= 15 is 0 Å². The molecule has 0 spiro atoms. The summed E-state index contributed by atoms with van der Waals surface area (Å²) in [5.74, 6) is -0.562. The molecule has 0 aliphatic rings. The first-order chi connectivity index (χ1) is 14.7. The number of rotatable bonds is 11. The van der Waals surface area contributed by atoms with Gasteiger partial charge in [0.05, 0.1) is 0 Å². The number of hydrogen-bond donors (Lipinski definition) is 1. The van der Waals surface area contributed by atoms with Gasteiger partial charge in [-0.3, -0.25) is 4.79 Å². The van der Waals surface area contributed by atoms with E-state index in [1.54, 1.807) is 17.0 Å². The maximum atomic E-state index is 13.0. The molecule has 1 amide bonds. The van der Waals surface area contributed by atoms with Gasteiger partial charge in [-0.05, 0) is 68.7 Å². The Hall–Kier alpha value is -2.86. The summed E-state index contributed by atoms with van der Waals surface area (Å²) in [6.07, 6.45) is 0.841. The number of hydrogen-bond acceptors (Lipinski definition) is 4. The van der Waals surface area contributed by atoms with Gasteiger partial charge in [-0.1, -0.05) is 44.2 Å². The number of carboxylic acid groups (broad SMARTS) is 1. The molecule has 0 aliphatic carbocycles. The highest BCUT2D eigenvalue weighted by Gasteiger charge is 2.18. The third-order valence-corrected chi connectivity index (χ3v) is 5.12. The second-order valence-electron chi connectivity index (χ2n) is 8.46. The molecular formula is C25H34N2O4. The van der Waals surface area contributed by atoms with Crippen LogP contribution in [0.5, 0.6) is 5.75 Å². The van der Waals surface area contributed by atoms with Crippen LogP contribution in [0.4, 0.5) is 0 Å². The van der Waals surface area contributed by atoms with E-state index in [0.717, 1.165) is 24.1 Å². The average molecular weight is 427 g/mol. The molecular weight excluding hydrogens is 392 g/mol. The lowest BCUT2D eigenvalue weighted by molar-refractivity contribution is -0.134. The second kappa shape index (κ2) is 11.5. The van der Waals surface area contributed by atoms with E-state index in [9.17, 15) is 14.7 Å². The second-order valence-corrected chi connectivity index (χ2v) is 8.46. The van der Waals surface area contributed by atoms with Crippen LogP contribution in [-0.4, -0.2) is 60.6 Å². The Labute approximate surface area is 185 Å². The fourth-order valence-electron chi connectivity index (χ4n) is 3.25. The number of nitrogens with zero attached hydrogens (tertiary/aromatic N) is 2. The molecule has 0 atom stereocenters. The minimum absolute atomic E-state index is 0.0573. The van der Waals surface area contributed by atoms with Crippen molar-refractivity contribution in [3.63, 3.8) is 0 Å². The molecule has 6 heteroatoms. The van der Waals surface area contributed by atoms with E-state index in [1.807, 2.05) is 21.0 Å². The third kappa shape index (κ3) is 7.72. The van der Waals surface area contributed by atoms with Crippen molar-refractivity contribution in [2.75, 3.05) is 33.8 Å². The van der Waals surface area contributed by atoms with E-state index in [1.165, 1.54) is 11.6 Å². The molecule has 0 heterocycles. The predicted octanol–water partition coefficient (Wildman–Crippen LogP) is 4.18. The molecule has 168 valence electrons. The number of aromatic carboxylic acids is 1. The number of ether oxygens (including phenoxy) is 1. The summed E-state index contributed by atoms with van der Waals surface area (Å²) in [6.45, 7) is 7.93. The first-order valence-electron chi connectivity index (χ1n) is 10.7. The summed E-state index contributed by atoms with van der Waals surface area (Å²) in [4.78, 5) is 28.3. The van der Waals surface area contributed by atoms with Crippen molar-refractivity contribution >= 4 is 11.9 Å². The Morgan fingerprint density at radius 3 is 2.29 bits per heavy atom. The highest BCUT2D eigenvalue weighted by atomic mass is 16.5. The highest BCUT2D eigenvalue weighted by Crippen LogP contribution is 2.21. The smallest absolute Gasteiger partial charge is 0.339 e. The molecule has 0 saturated heterocycles. The van der Waals surface area contributed by atoms with E-state index in [-0.39, 0.29) is 23.8 Å². The number of carboxylic acids is 1. The summed E-state index contributed by atoms with van der Waals surface area (Å²) in [6, 6.07) is 13.2. The van der Waals surface area contributed by atoms with Gasteiger partial charge in [0.2, 0.25) is 0 Å². The van der Waals surface area contributed by atoms with Crippen molar-refractivity contribution < 1.29 is 19.4 Å². The van der Waals surface area contributed by atoms with Crippen LogP contribution >= 0.6 is 0 Å². The summed E-state index contributed by atoms with van der Waals surface area (Å²) < 4.78 is 5.66. The van der Waals surface area contributed by atoms with Crippen molar-refractivity contribution in [3.8, 4) is 5.75 Å². The van der Waals surface area contributed by atoms with Gasteiger partial charge in [0.15, 0.2) is 6.61 Å². The van der Waals surface area contributed by atoms with Gasteiger partial charge in [0.25, 0.3) is 5.91 Å².